The number of aliphatic hydroxyl groups is 16. The smallest absolute Gasteiger partial charge is 0.187 e. The number of fused-ring (bicyclic) bond motifs is 7. The molecule has 24 heteroatoms. The first-order valence-corrected chi connectivity index (χ1v) is 28.0. The first-order valence-electron chi connectivity index (χ1n) is 28.0. The van der Waals surface area contributed by atoms with Gasteiger partial charge in [-0.2, -0.15) is 0 Å². The molecule has 9 rings (SSSR count). The minimum Gasteiger partial charge on any atom is -0.396 e. The van der Waals surface area contributed by atoms with Crippen LogP contribution in [0, 0.1) is 50.2 Å². The van der Waals surface area contributed by atoms with Crippen molar-refractivity contribution in [3.8, 4) is 0 Å². The normalized spacial score (nSPS) is 54.9. The summed E-state index contributed by atoms with van der Waals surface area (Å²) in [6.07, 6.45) is -29.1. The molecule has 0 aromatic rings. The summed E-state index contributed by atoms with van der Waals surface area (Å²) in [5.41, 5.74) is -2.35. The molecule has 0 spiro atoms. The molecule has 4 saturated carbocycles. The molecule has 0 aromatic carbocycles. The summed E-state index contributed by atoms with van der Waals surface area (Å²) < 4.78 is 49.1. The highest BCUT2D eigenvalue weighted by molar-refractivity contribution is 5.36. The maximum absolute atomic E-state index is 12.8. The third kappa shape index (κ3) is 9.71. The largest absolute Gasteiger partial charge is 0.396 e. The number of rotatable bonds is 13. The number of allylic oxidation sites excluding steroid dienone is 2. The van der Waals surface area contributed by atoms with Gasteiger partial charge in [0.05, 0.1) is 56.8 Å². The van der Waals surface area contributed by atoms with Gasteiger partial charge in [-0.3, -0.25) is 0 Å². The predicted octanol–water partition coefficient (Wildman–Crippen LogP) is -3.62. The zero-order valence-electron chi connectivity index (χ0n) is 45.7. The van der Waals surface area contributed by atoms with Crippen LogP contribution in [-0.4, -0.2) is 256 Å². The predicted molar refractivity (Wildman–Crippen MR) is 265 cm³/mol. The van der Waals surface area contributed by atoms with Crippen molar-refractivity contribution in [2.45, 2.75) is 241 Å². The van der Waals surface area contributed by atoms with Crippen LogP contribution in [0.2, 0.25) is 0 Å². The molecule has 0 bridgehead atoms. The topological polar surface area (TPSA) is 398 Å². The Hall–Kier alpha value is -1.22. The van der Waals surface area contributed by atoms with E-state index in [1.165, 1.54) is 0 Å². The van der Waals surface area contributed by atoms with E-state index < -0.39 is 190 Å². The summed E-state index contributed by atoms with van der Waals surface area (Å²) in [7, 11) is 0. The first-order chi connectivity index (χ1) is 36.5. The van der Waals surface area contributed by atoms with E-state index in [-0.39, 0.29) is 34.0 Å². The molecule has 9 aliphatic rings. The van der Waals surface area contributed by atoms with Crippen molar-refractivity contribution in [2.75, 3.05) is 33.0 Å². The van der Waals surface area contributed by atoms with Crippen LogP contribution in [0.4, 0.5) is 0 Å². The molecule has 8 fully saturated rings. The van der Waals surface area contributed by atoms with E-state index in [9.17, 15) is 81.7 Å². The second-order valence-corrected chi connectivity index (χ2v) is 26.5. The van der Waals surface area contributed by atoms with Gasteiger partial charge in [-0.05, 0) is 96.2 Å². The number of hydrogen-bond donors (Lipinski definition) is 16. The van der Waals surface area contributed by atoms with Gasteiger partial charge in [0, 0.05) is 0 Å². The van der Waals surface area contributed by atoms with Gasteiger partial charge in [-0.15, -0.1) is 0 Å². The SMILES string of the molecule is CC1(C)C[C@H](O[C@@H]2O[C@H](CO)[C@@H](O)[C@H](O)[C@H]2O)[C@]2(CO)[C@H](O)C[C@]3(C)C(=CC[C@@H]4[C@@]5(C)CC[C@H](O[C@@H]6O[C@H](CO)[C@@H](O)[C@H](O)[C@H]6O[C@@H]6O[C@H](CO)[C@@H](O)[C@H](O)[C@H]6O[C@@H]6O[C@H](CO)[C@H](O)[C@H](O)[C@H]6O)C(C)(C)[C@@H]5CC[C@]43C)[C@@H]2C1. The molecule has 0 unspecified atom stereocenters. The molecule has 4 saturated heterocycles. The van der Waals surface area contributed by atoms with E-state index in [4.69, 9.17) is 37.9 Å². The Balaban J connectivity index is 0.974. The van der Waals surface area contributed by atoms with Crippen LogP contribution >= 0.6 is 0 Å². The monoisotopic (exact) mass is 1120 g/mol. The average molecular weight is 1120 g/mol. The Morgan fingerprint density at radius 2 is 0.923 bits per heavy atom. The third-order valence-electron chi connectivity index (χ3n) is 21.6. The van der Waals surface area contributed by atoms with E-state index in [1.807, 2.05) is 0 Å². The van der Waals surface area contributed by atoms with E-state index in [1.54, 1.807) is 0 Å². The Morgan fingerprint density at radius 1 is 0.474 bits per heavy atom. The molecular formula is C54H90O24. The summed E-state index contributed by atoms with van der Waals surface area (Å²) in [6, 6.07) is 0. The Kier molecular flexibility index (Phi) is 17.6. The zero-order valence-corrected chi connectivity index (χ0v) is 45.7. The summed E-state index contributed by atoms with van der Waals surface area (Å²) >= 11 is 0. The molecular weight excluding hydrogens is 1030 g/mol. The number of ether oxygens (including phenoxy) is 8. The van der Waals surface area contributed by atoms with Crippen LogP contribution in [0.15, 0.2) is 11.6 Å². The van der Waals surface area contributed by atoms with E-state index in [0.29, 0.717) is 38.5 Å². The van der Waals surface area contributed by atoms with E-state index in [2.05, 4.69) is 54.5 Å². The summed E-state index contributed by atoms with van der Waals surface area (Å²) in [6.45, 7) is 11.9. The molecule has 0 radical (unpaired) electrons. The van der Waals surface area contributed by atoms with Crippen molar-refractivity contribution >= 4 is 0 Å². The highest BCUT2D eigenvalue weighted by Crippen LogP contribution is 2.76. The third-order valence-corrected chi connectivity index (χ3v) is 21.6. The summed E-state index contributed by atoms with van der Waals surface area (Å²) in [4.78, 5) is 0. The quantitative estimate of drug-likeness (QED) is 0.0625. The Morgan fingerprint density at radius 3 is 1.42 bits per heavy atom. The van der Waals surface area contributed by atoms with Crippen molar-refractivity contribution in [3.63, 3.8) is 0 Å². The highest BCUT2D eigenvalue weighted by atomic mass is 16.8. The molecule has 4 aliphatic heterocycles. The Labute approximate surface area is 454 Å². The van der Waals surface area contributed by atoms with Crippen LogP contribution in [0.5, 0.6) is 0 Å². The molecule has 24 nitrogen and oxygen atoms in total. The van der Waals surface area contributed by atoms with Gasteiger partial charge in [0.25, 0.3) is 0 Å². The van der Waals surface area contributed by atoms with Crippen molar-refractivity contribution in [2.24, 2.45) is 50.2 Å². The maximum atomic E-state index is 12.8. The van der Waals surface area contributed by atoms with Gasteiger partial charge in [0.1, 0.15) is 97.7 Å². The minimum atomic E-state index is -1.95. The number of hydrogen-bond acceptors (Lipinski definition) is 24. The fraction of sp³-hybridized carbons (Fsp3) is 0.963. The summed E-state index contributed by atoms with van der Waals surface area (Å²) in [5.74, 6) is -0.257. The number of aliphatic hydroxyl groups excluding tert-OH is 16. The van der Waals surface area contributed by atoms with E-state index >= 15 is 0 Å². The van der Waals surface area contributed by atoms with Gasteiger partial charge in [0.2, 0.25) is 0 Å². The lowest BCUT2D eigenvalue weighted by atomic mass is 9.33. The molecule has 0 amide bonds. The molecule has 4 heterocycles. The standard InChI is InChI=1S/C54H90O24/c1-49(2)14-23-22-8-9-29-51(5)12-11-31(50(3,4)28(51)10-13-52(29,6)53(22,7)15-30(60)54(23,21-59)32(16-49)76-45-41(69)37(65)33(61)24(17-55)71-45)75-47-43(39(67)35(63)26(19-57)73-47)78-48-44(40(68)36(64)27(20-58)74-48)77-46-42(70)38(66)34(62)25(18-56)72-46/h8,23-48,55-70H,9-21H2,1-7H3/t23-,24+,25+,26+,27+,28-,29+,30+,31-,32-,33+,34-,35+,36+,37-,38-,39-,40-,41+,42+,43+,44+,45-,46-,47-,48-,51-,52+,53+,54-/m0/s1. The van der Waals surface area contributed by atoms with Gasteiger partial charge in [0.15, 0.2) is 25.2 Å². The maximum Gasteiger partial charge on any atom is 0.187 e. The van der Waals surface area contributed by atoms with Crippen LogP contribution in [-0.2, 0) is 37.9 Å². The van der Waals surface area contributed by atoms with Crippen molar-refractivity contribution < 1.29 is 120 Å². The van der Waals surface area contributed by atoms with Gasteiger partial charge in [-0.1, -0.05) is 60.1 Å². The second-order valence-electron chi connectivity index (χ2n) is 26.5. The highest BCUT2D eigenvalue weighted by Gasteiger charge is 2.72. The lowest BCUT2D eigenvalue weighted by Gasteiger charge is -2.72. The minimum absolute atomic E-state index is 0.0161. The van der Waals surface area contributed by atoms with Crippen LogP contribution in [0.3, 0.4) is 0 Å². The lowest BCUT2D eigenvalue weighted by Crippen LogP contribution is -2.70. The average Bonchev–Trinajstić information content (AvgIpc) is 2.00. The van der Waals surface area contributed by atoms with E-state index in [0.717, 1.165) is 18.4 Å². The van der Waals surface area contributed by atoms with Gasteiger partial charge in [-0.25, -0.2) is 0 Å². The van der Waals surface area contributed by atoms with Crippen LogP contribution in [0.25, 0.3) is 0 Å². The fourth-order valence-corrected chi connectivity index (χ4v) is 16.9. The second kappa shape index (κ2) is 22.3. The van der Waals surface area contributed by atoms with Crippen LogP contribution < -0.4 is 0 Å². The fourth-order valence-electron chi connectivity index (χ4n) is 16.9. The molecule has 78 heavy (non-hydrogen) atoms. The van der Waals surface area contributed by atoms with Crippen molar-refractivity contribution in [1.82, 2.24) is 0 Å². The summed E-state index contributed by atoms with van der Waals surface area (Å²) in [5, 5.41) is 174. The van der Waals surface area contributed by atoms with Gasteiger partial charge < -0.3 is 120 Å². The van der Waals surface area contributed by atoms with Crippen molar-refractivity contribution in [1.29, 1.82) is 0 Å². The zero-order chi connectivity index (χ0) is 57.1. The van der Waals surface area contributed by atoms with Crippen LogP contribution in [0.1, 0.15) is 99.8 Å². The Bertz CT molecular complexity index is 2100. The first kappa shape index (κ1) is 61.3. The van der Waals surface area contributed by atoms with Gasteiger partial charge >= 0.3 is 0 Å². The molecule has 16 N–H and O–H groups in total. The molecule has 30 atom stereocenters. The molecule has 5 aliphatic carbocycles. The lowest BCUT2D eigenvalue weighted by molar-refractivity contribution is -0.398. The molecule has 0 aromatic heterocycles. The van der Waals surface area contributed by atoms with Crippen molar-refractivity contribution in [3.05, 3.63) is 11.6 Å². The molecule has 450 valence electrons.